The predicted molar refractivity (Wildman–Crippen MR) is 89.3 cm³/mol. The van der Waals surface area contributed by atoms with Crippen LogP contribution in [0, 0.1) is 11.8 Å². The first-order valence-electron chi connectivity index (χ1n) is 8.49. The summed E-state index contributed by atoms with van der Waals surface area (Å²) in [6.45, 7) is 3.55. The summed E-state index contributed by atoms with van der Waals surface area (Å²) in [5.41, 5.74) is -0.645. The van der Waals surface area contributed by atoms with Crippen LogP contribution in [0.5, 0.6) is 0 Å². The fourth-order valence-electron chi connectivity index (χ4n) is 3.99. The Morgan fingerprint density at radius 3 is 3.17 bits per heavy atom. The normalized spacial score (nSPS) is 33.3. The molecule has 0 radical (unpaired) electrons. The lowest BCUT2D eigenvalue weighted by Crippen LogP contribution is -2.40. The quantitative estimate of drug-likeness (QED) is 0.450. The molecule has 128 valence electrons. The van der Waals surface area contributed by atoms with E-state index in [0.29, 0.717) is 19.7 Å². The maximum atomic E-state index is 13.0. The summed E-state index contributed by atoms with van der Waals surface area (Å²) in [6.07, 6.45) is 5.39. The largest absolute Gasteiger partial charge is 0.465 e. The van der Waals surface area contributed by atoms with E-state index >= 15 is 0 Å². The number of rotatable bonds is 6. The lowest BCUT2D eigenvalue weighted by molar-refractivity contribution is -0.154. The maximum Gasteiger partial charge on any atom is 0.312 e. The first-order valence-corrected chi connectivity index (χ1v) is 9.37. The Kier molecular flexibility index (Phi) is 3.96. The minimum atomic E-state index is -0.645. The highest BCUT2D eigenvalue weighted by atomic mass is 32.1. The van der Waals surface area contributed by atoms with E-state index in [1.165, 1.54) is 0 Å². The summed E-state index contributed by atoms with van der Waals surface area (Å²) in [7, 11) is 0. The first kappa shape index (κ1) is 15.8. The third-order valence-corrected chi connectivity index (χ3v) is 5.98. The molecule has 1 aromatic rings. The maximum absolute atomic E-state index is 13.0. The van der Waals surface area contributed by atoms with Crippen LogP contribution in [0.15, 0.2) is 29.7 Å². The molecule has 5 nitrogen and oxygen atoms in total. The van der Waals surface area contributed by atoms with Gasteiger partial charge in [-0.15, -0.1) is 11.3 Å². The van der Waals surface area contributed by atoms with Gasteiger partial charge in [0.1, 0.15) is 11.5 Å². The number of carbonyl (C=O) groups is 2. The van der Waals surface area contributed by atoms with Crippen molar-refractivity contribution in [3.8, 4) is 0 Å². The van der Waals surface area contributed by atoms with E-state index in [1.54, 1.807) is 11.3 Å². The molecular formula is C18H21NO4S. The molecule has 2 bridgehead atoms. The molecule has 0 aliphatic carbocycles. The van der Waals surface area contributed by atoms with Crippen LogP contribution in [0.3, 0.4) is 0 Å². The Morgan fingerprint density at radius 2 is 2.42 bits per heavy atom. The van der Waals surface area contributed by atoms with E-state index in [4.69, 9.17) is 9.47 Å². The fourth-order valence-corrected chi connectivity index (χ4v) is 4.70. The monoisotopic (exact) mass is 347 g/mol. The molecule has 0 aromatic carbocycles. The molecule has 2 fully saturated rings. The van der Waals surface area contributed by atoms with E-state index in [9.17, 15) is 9.59 Å². The number of esters is 1. The van der Waals surface area contributed by atoms with Crippen LogP contribution in [0.25, 0.3) is 0 Å². The molecule has 1 amide bonds. The van der Waals surface area contributed by atoms with Crippen molar-refractivity contribution in [2.24, 2.45) is 11.8 Å². The van der Waals surface area contributed by atoms with Crippen LogP contribution in [0.4, 0.5) is 0 Å². The average Bonchev–Trinajstić information content (AvgIpc) is 3.31. The minimum absolute atomic E-state index is 0.00712. The van der Waals surface area contributed by atoms with Crippen molar-refractivity contribution in [1.82, 2.24) is 4.90 Å². The van der Waals surface area contributed by atoms with Crippen molar-refractivity contribution in [3.05, 3.63) is 34.5 Å². The number of amides is 1. The standard InChI is InChI=1S/C18H21NO4S/c1-2-3-8-22-17(21)14-13-6-7-18(23-13)11-19(16(20)15(14)18)10-12-5-4-9-24-12/h4-7,9,13-15H,2-3,8,10-11H2,1H3/t13-,14?,15-,18+/m0/s1. The number of hydrogen-bond acceptors (Lipinski definition) is 5. The lowest BCUT2D eigenvalue weighted by atomic mass is 9.77. The molecule has 0 N–H and O–H groups in total. The van der Waals surface area contributed by atoms with Gasteiger partial charge in [-0.2, -0.15) is 0 Å². The van der Waals surface area contributed by atoms with E-state index in [0.717, 1.165) is 17.7 Å². The van der Waals surface area contributed by atoms with Gasteiger partial charge in [0.15, 0.2) is 0 Å². The van der Waals surface area contributed by atoms with Gasteiger partial charge in [-0.25, -0.2) is 0 Å². The molecular weight excluding hydrogens is 326 g/mol. The summed E-state index contributed by atoms with van der Waals surface area (Å²) in [5.74, 6) is -1.24. The molecule has 2 saturated heterocycles. The Morgan fingerprint density at radius 1 is 1.54 bits per heavy atom. The molecule has 6 heteroatoms. The molecule has 4 atom stereocenters. The van der Waals surface area contributed by atoms with Crippen LogP contribution >= 0.6 is 11.3 Å². The van der Waals surface area contributed by atoms with Gasteiger partial charge in [-0.05, 0) is 17.9 Å². The number of likely N-dealkylation sites (tertiary alicyclic amines) is 1. The Bertz CT molecular complexity index is 671. The van der Waals surface area contributed by atoms with E-state index in [2.05, 4.69) is 6.92 Å². The first-order chi connectivity index (χ1) is 11.6. The second kappa shape index (κ2) is 6.01. The smallest absolute Gasteiger partial charge is 0.312 e. The molecule has 1 spiro atoms. The zero-order chi connectivity index (χ0) is 16.7. The van der Waals surface area contributed by atoms with Crippen LogP contribution in [0.1, 0.15) is 24.6 Å². The third-order valence-electron chi connectivity index (χ3n) is 5.12. The average molecular weight is 347 g/mol. The molecule has 3 aliphatic heterocycles. The number of unbranched alkanes of at least 4 members (excludes halogenated alkanes) is 1. The van der Waals surface area contributed by atoms with Gasteiger partial charge in [0.25, 0.3) is 0 Å². The number of hydrogen-bond donors (Lipinski definition) is 0. The number of carbonyl (C=O) groups excluding carboxylic acids is 2. The SMILES string of the molecule is CCCCOC(=O)C1[C@@H]2C=C[C@]3(CN(Cc4cccs4)C(=O)[C@H]13)O2. The van der Waals surface area contributed by atoms with E-state index in [1.807, 2.05) is 34.6 Å². The number of thiophene rings is 1. The molecule has 24 heavy (non-hydrogen) atoms. The molecule has 4 heterocycles. The minimum Gasteiger partial charge on any atom is -0.465 e. The topological polar surface area (TPSA) is 55.8 Å². The molecule has 4 rings (SSSR count). The Labute approximate surface area is 145 Å². The summed E-state index contributed by atoms with van der Waals surface area (Å²) in [6, 6.07) is 4.00. The molecule has 1 unspecified atom stereocenters. The highest BCUT2D eigenvalue weighted by molar-refractivity contribution is 7.09. The Balaban J connectivity index is 1.52. The lowest BCUT2D eigenvalue weighted by Gasteiger charge is -2.22. The number of ether oxygens (including phenoxy) is 2. The summed E-state index contributed by atoms with van der Waals surface area (Å²) >= 11 is 1.63. The highest BCUT2D eigenvalue weighted by Gasteiger charge is 2.67. The molecule has 1 aromatic heterocycles. The van der Waals surface area contributed by atoms with Crippen molar-refractivity contribution in [1.29, 1.82) is 0 Å². The summed E-state index contributed by atoms with van der Waals surface area (Å²) < 4.78 is 11.5. The second-order valence-electron chi connectivity index (χ2n) is 6.69. The number of fused-ring (bicyclic) bond motifs is 1. The zero-order valence-corrected chi connectivity index (χ0v) is 14.5. The number of nitrogens with zero attached hydrogens (tertiary/aromatic N) is 1. The van der Waals surface area contributed by atoms with Gasteiger partial charge in [0.05, 0.1) is 31.7 Å². The van der Waals surface area contributed by atoms with Gasteiger partial charge in [0.2, 0.25) is 5.91 Å². The summed E-state index contributed by atoms with van der Waals surface area (Å²) in [5, 5.41) is 2.00. The zero-order valence-electron chi connectivity index (χ0n) is 13.6. The Hall–Kier alpha value is -1.66. The highest BCUT2D eigenvalue weighted by Crippen LogP contribution is 2.52. The van der Waals surface area contributed by atoms with Crippen molar-refractivity contribution in [3.63, 3.8) is 0 Å². The van der Waals surface area contributed by atoms with Gasteiger partial charge >= 0.3 is 5.97 Å². The van der Waals surface area contributed by atoms with Gasteiger partial charge in [0, 0.05) is 4.88 Å². The van der Waals surface area contributed by atoms with Crippen molar-refractivity contribution in [2.45, 2.75) is 38.0 Å². The van der Waals surface area contributed by atoms with E-state index in [-0.39, 0.29) is 18.0 Å². The van der Waals surface area contributed by atoms with Crippen LogP contribution < -0.4 is 0 Å². The van der Waals surface area contributed by atoms with Crippen LogP contribution in [-0.4, -0.2) is 41.6 Å². The second-order valence-corrected chi connectivity index (χ2v) is 7.73. The molecule has 3 aliphatic rings. The van der Waals surface area contributed by atoms with Crippen molar-refractivity contribution >= 4 is 23.2 Å². The fraction of sp³-hybridized carbons (Fsp3) is 0.556. The molecule has 0 saturated carbocycles. The summed E-state index contributed by atoms with van der Waals surface area (Å²) in [4.78, 5) is 28.4. The van der Waals surface area contributed by atoms with Crippen LogP contribution in [0.2, 0.25) is 0 Å². The van der Waals surface area contributed by atoms with Crippen molar-refractivity contribution in [2.75, 3.05) is 13.2 Å². The predicted octanol–water partition coefficient (Wildman–Crippen LogP) is 2.37. The van der Waals surface area contributed by atoms with Crippen LogP contribution in [-0.2, 0) is 25.6 Å². The third kappa shape index (κ3) is 2.40. The van der Waals surface area contributed by atoms with E-state index < -0.39 is 17.4 Å². The van der Waals surface area contributed by atoms with Crippen molar-refractivity contribution < 1.29 is 19.1 Å². The van der Waals surface area contributed by atoms with Gasteiger partial charge in [-0.1, -0.05) is 31.6 Å². The van der Waals surface area contributed by atoms with Gasteiger partial charge < -0.3 is 14.4 Å². The van der Waals surface area contributed by atoms with Gasteiger partial charge in [-0.3, -0.25) is 9.59 Å².